The minimum atomic E-state index is -0.497. The highest BCUT2D eigenvalue weighted by Crippen LogP contribution is 2.29. The van der Waals surface area contributed by atoms with E-state index in [0.29, 0.717) is 10.8 Å². The second-order valence-corrected chi connectivity index (χ2v) is 5.74. The fourth-order valence-electron chi connectivity index (χ4n) is 2.05. The minimum Gasteiger partial charge on any atom is -0.463 e. The summed E-state index contributed by atoms with van der Waals surface area (Å²) in [5.74, 6) is 0.312. The van der Waals surface area contributed by atoms with Crippen LogP contribution in [0.5, 0.6) is 0 Å². The molecule has 2 rings (SSSR count). The number of halogens is 2. The summed E-state index contributed by atoms with van der Waals surface area (Å²) in [6, 6.07) is 8.80. The zero-order valence-electron chi connectivity index (χ0n) is 11.7. The Kier molecular flexibility index (Phi) is 5.45. The van der Waals surface area contributed by atoms with Gasteiger partial charge in [-0.15, -0.1) is 0 Å². The van der Waals surface area contributed by atoms with Gasteiger partial charge in [0, 0.05) is 9.50 Å². The first-order valence-corrected chi connectivity index (χ1v) is 7.59. The minimum absolute atomic E-state index is 0.177. The molecule has 1 unspecified atom stereocenters. The Morgan fingerprint density at radius 2 is 2.19 bits per heavy atom. The molecule has 1 aromatic carbocycles. The molecule has 0 saturated carbocycles. The molecule has 4 nitrogen and oxygen atoms in total. The SMILES string of the molecule is CCNC(c1cc(Cl)cc(Br)c1)c1ccc(C(=O)OC)o1. The molecule has 21 heavy (non-hydrogen) atoms. The summed E-state index contributed by atoms with van der Waals surface area (Å²) in [5.41, 5.74) is 0.946. The van der Waals surface area contributed by atoms with Crippen molar-refractivity contribution in [3.63, 3.8) is 0 Å². The van der Waals surface area contributed by atoms with Crippen molar-refractivity contribution in [3.8, 4) is 0 Å². The van der Waals surface area contributed by atoms with E-state index in [1.165, 1.54) is 7.11 Å². The van der Waals surface area contributed by atoms with Crippen molar-refractivity contribution < 1.29 is 13.9 Å². The van der Waals surface area contributed by atoms with E-state index in [4.69, 9.17) is 16.0 Å². The van der Waals surface area contributed by atoms with Gasteiger partial charge in [0.1, 0.15) is 5.76 Å². The van der Waals surface area contributed by atoms with Gasteiger partial charge in [-0.3, -0.25) is 0 Å². The predicted molar refractivity (Wildman–Crippen MR) is 84.7 cm³/mol. The van der Waals surface area contributed by atoms with Crippen molar-refractivity contribution in [2.24, 2.45) is 0 Å². The second kappa shape index (κ2) is 7.11. The first kappa shape index (κ1) is 16.1. The van der Waals surface area contributed by atoms with E-state index in [0.717, 1.165) is 16.6 Å². The lowest BCUT2D eigenvalue weighted by atomic mass is 10.0. The maximum absolute atomic E-state index is 11.5. The van der Waals surface area contributed by atoms with Crippen LogP contribution in [0.3, 0.4) is 0 Å². The van der Waals surface area contributed by atoms with E-state index in [1.807, 2.05) is 25.1 Å². The number of ether oxygens (including phenoxy) is 1. The molecule has 0 aliphatic carbocycles. The highest BCUT2D eigenvalue weighted by Gasteiger charge is 2.20. The molecule has 0 radical (unpaired) electrons. The Bertz CT molecular complexity index is 621. The van der Waals surface area contributed by atoms with Gasteiger partial charge < -0.3 is 14.5 Å². The maximum Gasteiger partial charge on any atom is 0.373 e. The first-order valence-electron chi connectivity index (χ1n) is 6.42. The van der Waals surface area contributed by atoms with Crippen molar-refractivity contribution >= 4 is 33.5 Å². The van der Waals surface area contributed by atoms with Crippen LogP contribution in [0.4, 0.5) is 0 Å². The predicted octanol–water partition coefficient (Wildman–Crippen LogP) is 4.18. The van der Waals surface area contributed by atoms with Gasteiger partial charge in [-0.05, 0) is 42.4 Å². The topological polar surface area (TPSA) is 51.5 Å². The monoisotopic (exact) mass is 371 g/mol. The number of furan rings is 1. The molecule has 112 valence electrons. The summed E-state index contributed by atoms with van der Waals surface area (Å²) >= 11 is 9.53. The van der Waals surface area contributed by atoms with E-state index in [-0.39, 0.29) is 11.8 Å². The third kappa shape index (κ3) is 3.87. The van der Waals surface area contributed by atoms with E-state index >= 15 is 0 Å². The van der Waals surface area contributed by atoms with E-state index < -0.39 is 5.97 Å². The third-order valence-electron chi connectivity index (χ3n) is 2.92. The fraction of sp³-hybridized carbons (Fsp3) is 0.267. The molecule has 0 fully saturated rings. The van der Waals surface area contributed by atoms with Gasteiger partial charge in [0.05, 0.1) is 13.2 Å². The van der Waals surface area contributed by atoms with Gasteiger partial charge in [-0.1, -0.05) is 34.5 Å². The molecule has 0 aliphatic heterocycles. The molecule has 1 atom stereocenters. The molecular weight excluding hydrogens is 358 g/mol. The van der Waals surface area contributed by atoms with Crippen molar-refractivity contribution in [1.29, 1.82) is 0 Å². The van der Waals surface area contributed by atoms with Crippen LogP contribution in [-0.2, 0) is 4.74 Å². The van der Waals surface area contributed by atoms with E-state index in [2.05, 4.69) is 26.0 Å². The smallest absolute Gasteiger partial charge is 0.373 e. The largest absolute Gasteiger partial charge is 0.463 e. The summed E-state index contributed by atoms with van der Waals surface area (Å²) < 4.78 is 11.1. The molecule has 0 amide bonds. The number of nitrogens with one attached hydrogen (secondary N) is 1. The van der Waals surface area contributed by atoms with E-state index in [9.17, 15) is 4.79 Å². The number of hydrogen-bond donors (Lipinski definition) is 1. The molecule has 0 saturated heterocycles. The van der Waals surface area contributed by atoms with Crippen LogP contribution >= 0.6 is 27.5 Å². The van der Waals surface area contributed by atoms with Crippen LogP contribution < -0.4 is 5.32 Å². The summed E-state index contributed by atoms with van der Waals surface area (Å²) in [5, 5.41) is 3.94. The maximum atomic E-state index is 11.5. The molecule has 1 aromatic heterocycles. The molecule has 0 aliphatic rings. The number of methoxy groups -OCH3 is 1. The number of carbonyl (C=O) groups excluding carboxylic acids is 1. The molecule has 6 heteroatoms. The number of benzene rings is 1. The molecule has 2 aromatic rings. The Labute approximate surface area is 136 Å². The fourth-order valence-corrected chi connectivity index (χ4v) is 2.93. The highest BCUT2D eigenvalue weighted by molar-refractivity contribution is 9.10. The van der Waals surface area contributed by atoms with Crippen LogP contribution in [0.25, 0.3) is 0 Å². The van der Waals surface area contributed by atoms with Gasteiger partial charge >= 0.3 is 5.97 Å². The Morgan fingerprint density at radius 3 is 2.81 bits per heavy atom. The highest BCUT2D eigenvalue weighted by atomic mass is 79.9. The Hall–Kier alpha value is -1.30. The van der Waals surface area contributed by atoms with Crippen LogP contribution in [0.2, 0.25) is 5.02 Å². The van der Waals surface area contributed by atoms with E-state index in [1.54, 1.807) is 12.1 Å². The number of carbonyl (C=O) groups is 1. The zero-order valence-corrected chi connectivity index (χ0v) is 14.0. The second-order valence-electron chi connectivity index (χ2n) is 4.39. The average Bonchev–Trinajstić information content (AvgIpc) is 2.92. The van der Waals surface area contributed by atoms with Crippen molar-refractivity contribution in [3.05, 3.63) is 56.9 Å². The van der Waals surface area contributed by atoms with Gasteiger partial charge in [0.25, 0.3) is 0 Å². The van der Waals surface area contributed by atoms with Crippen molar-refractivity contribution in [1.82, 2.24) is 5.32 Å². The molecule has 1 heterocycles. The molecule has 1 N–H and O–H groups in total. The third-order valence-corrected chi connectivity index (χ3v) is 3.60. The number of hydrogen-bond acceptors (Lipinski definition) is 4. The normalized spacial score (nSPS) is 12.2. The summed E-state index contributed by atoms with van der Waals surface area (Å²) in [6.07, 6.45) is 0. The zero-order chi connectivity index (χ0) is 15.4. The van der Waals surface area contributed by atoms with Gasteiger partial charge in [0.15, 0.2) is 0 Å². The summed E-state index contributed by atoms with van der Waals surface area (Å²) in [4.78, 5) is 11.5. The molecule has 0 bridgehead atoms. The van der Waals surface area contributed by atoms with Crippen molar-refractivity contribution in [2.75, 3.05) is 13.7 Å². The molecular formula is C15H15BrClNO3. The standard InChI is InChI=1S/C15H15BrClNO3/c1-3-18-14(9-6-10(16)8-11(17)7-9)12-4-5-13(21-12)15(19)20-2/h4-8,14,18H,3H2,1-2H3. The lowest BCUT2D eigenvalue weighted by molar-refractivity contribution is 0.0562. The van der Waals surface area contributed by atoms with Gasteiger partial charge in [0.2, 0.25) is 5.76 Å². The number of rotatable bonds is 5. The molecule has 0 spiro atoms. The average molecular weight is 373 g/mol. The summed E-state index contributed by atoms with van der Waals surface area (Å²) in [6.45, 7) is 2.74. The van der Waals surface area contributed by atoms with Crippen molar-refractivity contribution in [2.45, 2.75) is 13.0 Å². The van der Waals surface area contributed by atoms with Crippen LogP contribution in [-0.4, -0.2) is 19.6 Å². The first-order chi connectivity index (χ1) is 10.0. The lowest BCUT2D eigenvalue weighted by Crippen LogP contribution is -2.21. The number of esters is 1. The Balaban J connectivity index is 2.38. The van der Waals surface area contributed by atoms with Gasteiger partial charge in [-0.25, -0.2) is 4.79 Å². The Morgan fingerprint density at radius 1 is 1.43 bits per heavy atom. The summed E-state index contributed by atoms with van der Waals surface area (Å²) in [7, 11) is 1.32. The van der Waals surface area contributed by atoms with Crippen LogP contribution in [0.1, 0.15) is 34.8 Å². The van der Waals surface area contributed by atoms with Crippen LogP contribution in [0.15, 0.2) is 39.2 Å². The van der Waals surface area contributed by atoms with Crippen LogP contribution in [0, 0.1) is 0 Å². The quantitative estimate of drug-likeness (QED) is 0.800. The lowest BCUT2D eigenvalue weighted by Gasteiger charge is -2.16. The van der Waals surface area contributed by atoms with Gasteiger partial charge in [-0.2, -0.15) is 0 Å².